The molecule has 1 aromatic carbocycles. The third-order valence-electron chi connectivity index (χ3n) is 12.5. The van der Waals surface area contributed by atoms with E-state index < -0.39 is 0 Å². The van der Waals surface area contributed by atoms with Gasteiger partial charge in [0.1, 0.15) is 5.82 Å². The second-order valence-corrected chi connectivity index (χ2v) is 14.7. The molecule has 4 aliphatic carbocycles. The van der Waals surface area contributed by atoms with E-state index in [1.807, 2.05) is 12.1 Å². The fourth-order valence-corrected chi connectivity index (χ4v) is 10.7. The molecule has 0 aliphatic heterocycles. The Morgan fingerprint density at radius 1 is 0.833 bits per heavy atom. The average molecular weight is 497 g/mol. The minimum absolute atomic E-state index is 0.164. The van der Waals surface area contributed by atoms with Crippen LogP contribution in [-0.2, 0) is 6.42 Å². The lowest BCUT2D eigenvalue weighted by Crippen LogP contribution is -2.57. The van der Waals surface area contributed by atoms with Gasteiger partial charge in [-0.2, -0.15) is 0 Å². The smallest absolute Gasteiger partial charge is 0.123 e. The molecule has 36 heavy (non-hydrogen) atoms. The van der Waals surface area contributed by atoms with Crippen molar-refractivity contribution >= 4 is 0 Å². The van der Waals surface area contributed by atoms with E-state index in [-0.39, 0.29) is 11.9 Å². The molecule has 4 aliphatic rings. The van der Waals surface area contributed by atoms with E-state index in [9.17, 15) is 9.50 Å². The molecular weight excluding hydrogens is 443 g/mol. The number of aliphatic hydroxyl groups excluding tert-OH is 1. The Hall–Kier alpha value is -0.890. The zero-order valence-corrected chi connectivity index (χ0v) is 23.8. The van der Waals surface area contributed by atoms with Crippen molar-refractivity contribution in [1.29, 1.82) is 0 Å². The second kappa shape index (κ2) is 10.3. The standard InChI is InChI=1S/C34H53FO/c1-22(2)7-6-8-23(3)28-15-16-29-26-13-14-30-27(21-24-9-11-25(35)12-10-24)32(36)18-20-34(30,5)31(26)17-19-33(28,29)4/h9-12,22-23,26-32,36H,6-8,13-21H2,1-5H3/t23-,26?,27+,28-,29?,30?,31?,32-,33-,34+/m1/s1. The molecule has 1 nitrogen and oxygen atoms in total. The molecule has 0 aromatic heterocycles. The van der Waals surface area contributed by atoms with E-state index in [1.165, 1.54) is 69.8 Å². The minimum atomic E-state index is -0.207. The van der Waals surface area contributed by atoms with Gasteiger partial charge >= 0.3 is 0 Å². The van der Waals surface area contributed by atoms with E-state index in [2.05, 4.69) is 34.6 Å². The minimum Gasteiger partial charge on any atom is -0.393 e. The van der Waals surface area contributed by atoms with Crippen molar-refractivity contribution in [1.82, 2.24) is 0 Å². The van der Waals surface area contributed by atoms with Crippen LogP contribution in [0.3, 0.4) is 0 Å². The van der Waals surface area contributed by atoms with Gasteiger partial charge in [0.05, 0.1) is 6.10 Å². The highest BCUT2D eigenvalue weighted by atomic mass is 19.1. The van der Waals surface area contributed by atoms with Gasteiger partial charge in [-0.25, -0.2) is 4.39 Å². The molecule has 0 spiro atoms. The molecule has 2 heteroatoms. The van der Waals surface area contributed by atoms with Crippen molar-refractivity contribution < 1.29 is 9.50 Å². The maximum Gasteiger partial charge on any atom is 0.123 e. The Bertz CT molecular complexity index is 878. The van der Waals surface area contributed by atoms with Gasteiger partial charge in [-0.15, -0.1) is 0 Å². The summed E-state index contributed by atoms with van der Waals surface area (Å²) in [4.78, 5) is 0. The summed E-state index contributed by atoms with van der Waals surface area (Å²) in [5.74, 6) is 6.00. The van der Waals surface area contributed by atoms with Crippen LogP contribution in [0, 0.1) is 64.0 Å². The van der Waals surface area contributed by atoms with Crippen LogP contribution in [0.5, 0.6) is 0 Å². The molecule has 0 heterocycles. The normalized spacial score (nSPS) is 43.1. The molecule has 202 valence electrons. The Labute approximate surface area is 221 Å². The first-order valence-electron chi connectivity index (χ1n) is 15.6. The number of fused-ring (bicyclic) bond motifs is 5. The molecule has 1 aromatic rings. The van der Waals surface area contributed by atoms with Crippen molar-refractivity contribution in [2.75, 3.05) is 0 Å². The summed E-state index contributed by atoms with van der Waals surface area (Å²) in [5, 5.41) is 11.2. The summed E-state index contributed by atoms with van der Waals surface area (Å²) in [6.45, 7) is 12.6. The number of hydrogen-bond acceptors (Lipinski definition) is 1. The molecule has 1 N–H and O–H groups in total. The third-order valence-corrected chi connectivity index (χ3v) is 12.5. The number of halogens is 1. The summed E-state index contributed by atoms with van der Waals surface area (Å²) in [5.41, 5.74) is 2.09. The van der Waals surface area contributed by atoms with Gasteiger partial charge in [0.2, 0.25) is 0 Å². The van der Waals surface area contributed by atoms with E-state index >= 15 is 0 Å². The van der Waals surface area contributed by atoms with E-state index in [4.69, 9.17) is 0 Å². The number of benzene rings is 1. The van der Waals surface area contributed by atoms with Crippen LogP contribution in [0.15, 0.2) is 24.3 Å². The number of hydrogen-bond donors (Lipinski definition) is 1. The monoisotopic (exact) mass is 496 g/mol. The van der Waals surface area contributed by atoms with Crippen LogP contribution in [0.4, 0.5) is 4.39 Å². The summed E-state index contributed by atoms with van der Waals surface area (Å²) >= 11 is 0. The molecule has 0 bridgehead atoms. The van der Waals surface area contributed by atoms with Crippen LogP contribution in [0.25, 0.3) is 0 Å². The van der Waals surface area contributed by atoms with Gasteiger partial charge in [0.15, 0.2) is 0 Å². The van der Waals surface area contributed by atoms with Gasteiger partial charge < -0.3 is 5.11 Å². The van der Waals surface area contributed by atoms with Crippen LogP contribution in [-0.4, -0.2) is 11.2 Å². The Kier molecular flexibility index (Phi) is 7.68. The van der Waals surface area contributed by atoms with Crippen LogP contribution < -0.4 is 0 Å². The van der Waals surface area contributed by atoms with E-state index in [0.29, 0.717) is 22.7 Å². The predicted octanol–water partition coefficient (Wildman–Crippen LogP) is 9.08. The first-order chi connectivity index (χ1) is 17.1. The maximum absolute atomic E-state index is 13.5. The fourth-order valence-electron chi connectivity index (χ4n) is 10.7. The van der Waals surface area contributed by atoms with Crippen molar-refractivity contribution in [3.8, 4) is 0 Å². The highest BCUT2D eigenvalue weighted by Gasteiger charge is 2.61. The molecule has 0 amide bonds. The van der Waals surface area contributed by atoms with Crippen LogP contribution in [0.1, 0.15) is 111 Å². The molecule has 0 saturated heterocycles. The first-order valence-corrected chi connectivity index (χ1v) is 15.6. The fraction of sp³-hybridized carbons (Fsp3) is 0.824. The quantitative estimate of drug-likeness (QED) is 0.399. The number of rotatable bonds is 7. The molecule has 4 saturated carbocycles. The summed E-state index contributed by atoms with van der Waals surface area (Å²) in [6.07, 6.45) is 15.4. The third kappa shape index (κ3) is 4.71. The van der Waals surface area contributed by atoms with Gasteiger partial charge in [-0.1, -0.05) is 66.0 Å². The van der Waals surface area contributed by atoms with E-state index in [1.54, 1.807) is 12.1 Å². The molecule has 10 atom stereocenters. The van der Waals surface area contributed by atoms with Crippen molar-refractivity contribution in [2.24, 2.45) is 58.2 Å². The summed E-state index contributed by atoms with van der Waals surface area (Å²) < 4.78 is 13.5. The molecule has 5 rings (SSSR count). The molecule has 0 radical (unpaired) electrons. The first kappa shape index (κ1) is 26.7. The highest BCUT2D eigenvalue weighted by Crippen LogP contribution is 2.69. The lowest BCUT2D eigenvalue weighted by Gasteiger charge is -2.63. The predicted molar refractivity (Wildman–Crippen MR) is 148 cm³/mol. The molecule has 4 fully saturated rings. The Morgan fingerprint density at radius 2 is 1.50 bits per heavy atom. The lowest BCUT2D eigenvalue weighted by molar-refractivity contribution is -0.152. The van der Waals surface area contributed by atoms with Crippen molar-refractivity contribution in [3.63, 3.8) is 0 Å². The van der Waals surface area contributed by atoms with E-state index in [0.717, 1.165) is 48.3 Å². The van der Waals surface area contributed by atoms with Crippen LogP contribution >= 0.6 is 0 Å². The zero-order chi connectivity index (χ0) is 25.7. The van der Waals surface area contributed by atoms with Gasteiger partial charge in [-0.3, -0.25) is 0 Å². The topological polar surface area (TPSA) is 20.2 Å². The largest absolute Gasteiger partial charge is 0.393 e. The van der Waals surface area contributed by atoms with Crippen LogP contribution in [0.2, 0.25) is 0 Å². The summed E-state index contributed by atoms with van der Waals surface area (Å²) in [7, 11) is 0. The highest BCUT2D eigenvalue weighted by molar-refractivity contribution is 5.19. The Morgan fingerprint density at radius 3 is 2.22 bits per heavy atom. The zero-order valence-electron chi connectivity index (χ0n) is 23.8. The number of aliphatic hydroxyl groups is 1. The Balaban J connectivity index is 1.31. The van der Waals surface area contributed by atoms with Gasteiger partial charge in [-0.05, 0) is 134 Å². The van der Waals surface area contributed by atoms with Crippen molar-refractivity contribution in [3.05, 3.63) is 35.6 Å². The lowest BCUT2D eigenvalue weighted by atomic mass is 9.42. The average Bonchev–Trinajstić information content (AvgIpc) is 3.19. The molecular formula is C34H53FO. The van der Waals surface area contributed by atoms with Crippen molar-refractivity contribution in [2.45, 2.75) is 118 Å². The SMILES string of the molecule is CC(C)CCC[C@@H](C)[C@H]1CCC2C3CCC4[C@H](Cc5ccc(F)cc5)[C@H](O)CC[C@]4(C)C3CC[C@@]21C. The molecule has 4 unspecified atom stereocenters. The second-order valence-electron chi connectivity index (χ2n) is 14.7. The maximum atomic E-state index is 13.5. The summed E-state index contributed by atoms with van der Waals surface area (Å²) in [6, 6.07) is 7.05. The van der Waals surface area contributed by atoms with Gasteiger partial charge in [0.25, 0.3) is 0 Å². The van der Waals surface area contributed by atoms with Gasteiger partial charge in [0, 0.05) is 0 Å².